The van der Waals surface area contributed by atoms with E-state index >= 15 is 0 Å². The number of hydrazine groups is 1. The minimum atomic E-state index is 0.239. The van der Waals surface area contributed by atoms with Crippen LogP contribution in [0.3, 0.4) is 0 Å². The fourth-order valence-electron chi connectivity index (χ4n) is 3.83. The normalized spacial score (nSPS) is 36.6. The Hall–Kier alpha value is -0.610. The van der Waals surface area contributed by atoms with E-state index in [2.05, 4.69) is 15.8 Å². The standard InChI is InChI=1S/C14H25N3O/c18-14(16-17-6-2-1-3-7-17)10-11-8-12-4-5-13(9-11)15-12/h11-13,15H,1-10H2,(H,16,18). The summed E-state index contributed by atoms with van der Waals surface area (Å²) in [5, 5.41) is 5.75. The summed E-state index contributed by atoms with van der Waals surface area (Å²) in [6.07, 6.45) is 9.50. The smallest absolute Gasteiger partial charge is 0.234 e. The first-order valence-corrected chi connectivity index (χ1v) is 7.60. The van der Waals surface area contributed by atoms with Crippen LogP contribution in [0.4, 0.5) is 0 Å². The van der Waals surface area contributed by atoms with Gasteiger partial charge in [0.2, 0.25) is 5.91 Å². The van der Waals surface area contributed by atoms with Gasteiger partial charge in [-0.3, -0.25) is 10.2 Å². The first kappa shape index (κ1) is 12.4. The molecule has 0 spiro atoms. The van der Waals surface area contributed by atoms with Crippen molar-refractivity contribution >= 4 is 5.91 Å². The van der Waals surface area contributed by atoms with Gasteiger partial charge in [-0.25, -0.2) is 5.01 Å². The second kappa shape index (κ2) is 5.57. The van der Waals surface area contributed by atoms with Gasteiger partial charge in [-0.05, 0) is 44.4 Å². The topological polar surface area (TPSA) is 44.4 Å². The Bertz CT molecular complexity index is 289. The lowest BCUT2D eigenvalue weighted by Crippen LogP contribution is -2.46. The van der Waals surface area contributed by atoms with E-state index in [9.17, 15) is 4.79 Å². The molecule has 4 heteroatoms. The van der Waals surface area contributed by atoms with Crippen LogP contribution in [0.1, 0.15) is 51.4 Å². The third kappa shape index (κ3) is 3.04. The van der Waals surface area contributed by atoms with Gasteiger partial charge in [-0.2, -0.15) is 0 Å². The molecule has 2 atom stereocenters. The molecule has 3 rings (SSSR count). The molecule has 3 aliphatic heterocycles. The number of nitrogens with zero attached hydrogens (tertiary/aromatic N) is 1. The lowest BCUT2D eigenvalue weighted by Gasteiger charge is -2.30. The summed E-state index contributed by atoms with van der Waals surface area (Å²) in [4.78, 5) is 12.0. The molecule has 1 amide bonds. The fourth-order valence-corrected chi connectivity index (χ4v) is 3.83. The summed E-state index contributed by atoms with van der Waals surface area (Å²) in [5.41, 5.74) is 3.09. The Morgan fingerprint density at radius 2 is 1.78 bits per heavy atom. The predicted molar refractivity (Wildman–Crippen MR) is 70.9 cm³/mol. The molecule has 18 heavy (non-hydrogen) atoms. The van der Waals surface area contributed by atoms with Crippen LogP contribution in [0, 0.1) is 5.92 Å². The van der Waals surface area contributed by atoms with Gasteiger partial charge >= 0.3 is 0 Å². The fraction of sp³-hybridized carbons (Fsp3) is 0.929. The van der Waals surface area contributed by atoms with E-state index in [1.165, 1.54) is 44.9 Å². The number of rotatable bonds is 3. The summed E-state index contributed by atoms with van der Waals surface area (Å²) in [6, 6.07) is 1.38. The molecule has 2 bridgehead atoms. The molecule has 0 saturated carbocycles. The Morgan fingerprint density at radius 1 is 1.11 bits per heavy atom. The maximum Gasteiger partial charge on any atom is 0.234 e. The van der Waals surface area contributed by atoms with E-state index in [1.54, 1.807) is 0 Å². The van der Waals surface area contributed by atoms with Gasteiger partial charge in [0.05, 0.1) is 0 Å². The zero-order valence-electron chi connectivity index (χ0n) is 11.2. The second-order valence-corrected chi connectivity index (χ2v) is 6.26. The maximum absolute atomic E-state index is 12.0. The Kier molecular flexibility index (Phi) is 3.85. The van der Waals surface area contributed by atoms with Crippen LogP contribution >= 0.6 is 0 Å². The van der Waals surface area contributed by atoms with Crippen molar-refractivity contribution < 1.29 is 4.79 Å². The highest BCUT2D eigenvalue weighted by atomic mass is 16.2. The van der Waals surface area contributed by atoms with Gasteiger partial charge in [0.15, 0.2) is 0 Å². The highest BCUT2D eigenvalue weighted by molar-refractivity contribution is 5.75. The van der Waals surface area contributed by atoms with E-state index in [-0.39, 0.29) is 5.91 Å². The summed E-state index contributed by atoms with van der Waals surface area (Å²) in [7, 11) is 0. The highest BCUT2D eigenvalue weighted by Crippen LogP contribution is 2.32. The molecule has 3 saturated heterocycles. The largest absolute Gasteiger partial charge is 0.311 e. The van der Waals surface area contributed by atoms with Gasteiger partial charge in [0, 0.05) is 31.6 Å². The predicted octanol–water partition coefficient (Wildman–Crippen LogP) is 1.42. The van der Waals surface area contributed by atoms with Crippen LogP contribution in [-0.4, -0.2) is 36.1 Å². The first-order valence-electron chi connectivity index (χ1n) is 7.60. The lowest BCUT2D eigenvalue weighted by atomic mass is 9.89. The van der Waals surface area contributed by atoms with Gasteiger partial charge < -0.3 is 5.32 Å². The number of carbonyl (C=O) groups is 1. The SMILES string of the molecule is O=C(CC1CC2CCC(C1)N2)NN1CCCCC1. The number of nitrogens with one attached hydrogen (secondary N) is 2. The van der Waals surface area contributed by atoms with E-state index in [4.69, 9.17) is 0 Å². The van der Waals surface area contributed by atoms with Gasteiger partial charge in [-0.1, -0.05) is 6.42 Å². The van der Waals surface area contributed by atoms with E-state index in [0.717, 1.165) is 19.5 Å². The lowest BCUT2D eigenvalue weighted by molar-refractivity contribution is -0.127. The van der Waals surface area contributed by atoms with Crippen LogP contribution in [0.25, 0.3) is 0 Å². The molecule has 4 nitrogen and oxygen atoms in total. The van der Waals surface area contributed by atoms with Crippen molar-refractivity contribution in [1.29, 1.82) is 0 Å². The van der Waals surface area contributed by atoms with Gasteiger partial charge in [0.25, 0.3) is 0 Å². The highest BCUT2D eigenvalue weighted by Gasteiger charge is 2.34. The van der Waals surface area contributed by atoms with E-state index < -0.39 is 0 Å². The number of fused-ring (bicyclic) bond motifs is 2. The third-order valence-electron chi connectivity index (χ3n) is 4.68. The summed E-state index contributed by atoms with van der Waals surface area (Å²) < 4.78 is 0. The Labute approximate surface area is 109 Å². The van der Waals surface area contributed by atoms with Crippen LogP contribution in [0.5, 0.6) is 0 Å². The summed E-state index contributed by atoms with van der Waals surface area (Å²) in [6.45, 7) is 2.06. The van der Waals surface area contributed by atoms with Gasteiger partial charge in [-0.15, -0.1) is 0 Å². The monoisotopic (exact) mass is 251 g/mol. The number of piperidine rings is 2. The quantitative estimate of drug-likeness (QED) is 0.797. The van der Waals surface area contributed by atoms with Crippen molar-refractivity contribution in [2.45, 2.75) is 63.5 Å². The summed E-state index contributed by atoms with van der Waals surface area (Å²) >= 11 is 0. The number of hydrogen-bond acceptors (Lipinski definition) is 3. The molecule has 2 unspecified atom stereocenters. The summed E-state index contributed by atoms with van der Waals surface area (Å²) in [5.74, 6) is 0.844. The molecular weight excluding hydrogens is 226 g/mol. The molecule has 3 aliphatic rings. The van der Waals surface area contributed by atoms with E-state index in [0.29, 0.717) is 18.0 Å². The first-order chi connectivity index (χ1) is 8.79. The average Bonchev–Trinajstić information content (AvgIpc) is 2.70. The number of amides is 1. The van der Waals surface area contributed by atoms with Crippen molar-refractivity contribution in [3.8, 4) is 0 Å². The van der Waals surface area contributed by atoms with E-state index in [1.807, 2.05) is 0 Å². The molecule has 2 N–H and O–H groups in total. The molecule has 102 valence electrons. The Morgan fingerprint density at radius 3 is 2.44 bits per heavy atom. The molecule has 0 aromatic rings. The number of hydrogen-bond donors (Lipinski definition) is 2. The molecule has 0 aromatic carbocycles. The average molecular weight is 251 g/mol. The van der Waals surface area contributed by atoms with Crippen LogP contribution in [0.15, 0.2) is 0 Å². The zero-order valence-corrected chi connectivity index (χ0v) is 11.2. The molecule has 0 aliphatic carbocycles. The van der Waals surface area contributed by atoms with Crippen molar-refractivity contribution in [3.05, 3.63) is 0 Å². The Balaban J connectivity index is 1.43. The molecular formula is C14H25N3O. The van der Waals surface area contributed by atoms with Crippen molar-refractivity contribution in [1.82, 2.24) is 15.8 Å². The maximum atomic E-state index is 12.0. The minimum absolute atomic E-state index is 0.239. The third-order valence-corrected chi connectivity index (χ3v) is 4.68. The number of carbonyl (C=O) groups excluding carboxylic acids is 1. The minimum Gasteiger partial charge on any atom is -0.311 e. The molecule has 3 heterocycles. The molecule has 0 aromatic heterocycles. The molecule has 0 radical (unpaired) electrons. The van der Waals surface area contributed by atoms with Crippen molar-refractivity contribution in [2.24, 2.45) is 5.92 Å². The van der Waals surface area contributed by atoms with Crippen molar-refractivity contribution in [3.63, 3.8) is 0 Å². The second-order valence-electron chi connectivity index (χ2n) is 6.26. The van der Waals surface area contributed by atoms with Gasteiger partial charge in [0.1, 0.15) is 0 Å². The molecule has 3 fully saturated rings. The van der Waals surface area contributed by atoms with Crippen molar-refractivity contribution in [2.75, 3.05) is 13.1 Å². The van der Waals surface area contributed by atoms with Crippen LogP contribution < -0.4 is 10.7 Å². The van der Waals surface area contributed by atoms with Crippen LogP contribution in [-0.2, 0) is 4.79 Å². The van der Waals surface area contributed by atoms with Crippen LogP contribution in [0.2, 0.25) is 0 Å². The zero-order chi connectivity index (χ0) is 12.4.